The maximum Gasteiger partial charge on any atom is 0.324 e. The van der Waals surface area contributed by atoms with Gasteiger partial charge >= 0.3 is 5.69 Å². The third-order valence-electron chi connectivity index (χ3n) is 3.49. The van der Waals surface area contributed by atoms with E-state index >= 15 is 0 Å². The van der Waals surface area contributed by atoms with Crippen molar-refractivity contribution in [1.82, 2.24) is 10.0 Å². The van der Waals surface area contributed by atoms with Gasteiger partial charge in [0.25, 0.3) is 0 Å². The summed E-state index contributed by atoms with van der Waals surface area (Å²) in [5, 5.41) is 14.0. The molecule has 1 aromatic rings. The molecule has 2 N–H and O–H groups in total. The standard InChI is InChI=1S/C12H16FN3O4S.ClH/c1-8-10(5-3-7-14-8)15-21(19,20)11-6-2-4-9(13)12(11)16(17)18;/h2,4,6,8,10,14-15H,3,5,7H2,1H3;1H. The number of nitrogens with one attached hydrogen (secondary N) is 2. The van der Waals surface area contributed by atoms with Gasteiger partial charge in [0.2, 0.25) is 15.8 Å². The molecular formula is C12H17ClFN3O4S. The van der Waals surface area contributed by atoms with Gasteiger partial charge in [-0.05, 0) is 38.4 Å². The van der Waals surface area contributed by atoms with Crippen molar-refractivity contribution in [2.24, 2.45) is 0 Å². The Bertz CT molecular complexity index is 656. The van der Waals surface area contributed by atoms with Crippen LogP contribution in [0.1, 0.15) is 19.8 Å². The van der Waals surface area contributed by atoms with Gasteiger partial charge in [-0.15, -0.1) is 12.4 Å². The molecule has 1 saturated heterocycles. The van der Waals surface area contributed by atoms with E-state index in [9.17, 15) is 22.9 Å². The molecule has 22 heavy (non-hydrogen) atoms. The van der Waals surface area contributed by atoms with Crippen molar-refractivity contribution in [3.05, 3.63) is 34.1 Å². The van der Waals surface area contributed by atoms with Gasteiger partial charge in [-0.25, -0.2) is 13.1 Å². The monoisotopic (exact) mass is 353 g/mol. The fourth-order valence-electron chi connectivity index (χ4n) is 2.36. The van der Waals surface area contributed by atoms with Crippen molar-refractivity contribution in [2.45, 2.75) is 36.7 Å². The minimum atomic E-state index is -4.16. The number of rotatable bonds is 4. The Balaban J connectivity index is 0.00000242. The van der Waals surface area contributed by atoms with Gasteiger partial charge in [-0.3, -0.25) is 10.1 Å². The van der Waals surface area contributed by atoms with E-state index < -0.39 is 31.3 Å². The van der Waals surface area contributed by atoms with Gasteiger partial charge in [0.05, 0.1) is 4.92 Å². The summed E-state index contributed by atoms with van der Waals surface area (Å²) in [4.78, 5) is 9.24. The highest BCUT2D eigenvalue weighted by Gasteiger charge is 2.33. The van der Waals surface area contributed by atoms with E-state index in [0.717, 1.165) is 31.2 Å². The molecule has 0 aliphatic carbocycles. The molecule has 1 aromatic carbocycles. The van der Waals surface area contributed by atoms with Crippen molar-refractivity contribution in [3.63, 3.8) is 0 Å². The molecule has 0 bridgehead atoms. The number of piperidine rings is 1. The molecule has 0 aromatic heterocycles. The molecule has 10 heteroatoms. The van der Waals surface area contributed by atoms with Crippen molar-refractivity contribution in [2.75, 3.05) is 6.54 Å². The van der Waals surface area contributed by atoms with Crippen LogP contribution in [0, 0.1) is 15.9 Å². The Morgan fingerprint density at radius 3 is 2.73 bits per heavy atom. The first kappa shape index (κ1) is 18.8. The van der Waals surface area contributed by atoms with Crippen LogP contribution < -0.4 is 10.0 Å². The molecule has 1 heterocycles. The second kappa shape index (κ2) is 7.32. The normalized spacial score (nSPS) is 21.9. The molecule has 1 aliphatic heterocycles. The molecule has 7 nitrogen and oxygen atoms in total. The number of hydrogen-bond donors (Lipinski definition) is 2. The number of nitro benzene ring substituents is 1. The van der Waals surface area contributed by atoms with Crippen LogP contribution in [0.2, 0.25) is 0 Å². The summed E-state index contributed by atoms with van der Waals surface area (Å²) in [5.41, 5.74) is -1.03. The summed E-state index contributed by atoms with van der Waals surface area (Å²) in [6, 6.07) is 2.55. The van der Waals surface area contributed by atoms with Gasteiger partial charge in [0, 0.05) is 12.1 Å². The van der Waals surface area contributed by atoms with Gasteiger partial charge in [0.1, 0.15) is 0 Å². The number of nitrogens with zero attached hydrogens (tertiary/aromatic N) is 1. The highest BCUT2D eigenvalue weighted by atomic mass is 35.5. The number of para-hydroxylation sites is 1. The predicted molar refractivity (Wildman–Crippen MR) is 81.1 cm³/mol. The maximum atomic E-state index is 13.5. The third-order valence-corrected chi connectivity index (χ3v) is 5.01. The summed E-state index contributed by atoms with van der Waals surface area (Å²) in [6.45, 7) is 2.62. The molecule has 0 amide bonds. The fourth-order valence-corrected chi connectivity index (χ4v) is 3.89. The molecule has 2 rings (SSSR count). The summed E-state index contributed by atoms with van der Waals surface area (Å²) >= 11 is 0. The first-order valence-electron chi connectivity index (χ1n) is 6.51. The second-order valence-corrected chi connectivity index (χ2v) is 6.64. The molecule has 0 radical (unpaired) electrons. The fraction of sp³-hybridized carbons (Fsp3) is 0.500. The molecule has 2 atom stereocenters. The van der Waals surface area contributed by atoms with Gasteiger partial charge in [0.15, 0.2) is 4.90 Å². The van der Waals surface area contributed by atoms with Crippen LogP contribution in [0.25, 0.3) is 0 Å². The molecule has 1 aliphatic rings. The topological polar surface area (TPSA) is 101 Å². The Kier molecular flexibility index (Phi) is 6.24. The van der Waals surface area contributed by atoms with Crippen LogP contribution in [0.4, 0.5) is 10.1 Å². The van der Waals surface area contributed by atoms with Crippen molar-refractivity contribution < 1.29 is 17.7 Å². The quantitative estimate of drug-likeness (QED) is 0.632. The predicted octanol–water partition coefficient (Wildman–Crippen LogP) is 1.57. The molecule has 0 saturated carbocycles. The van der Waals surface area contributed by atoms with Crippen LogP contribution in [0.5, 0.6) is 0 Å². The zero-order chi connectivity index (χ0) is 15.6. The molecular weight excluding hydrogens is 337 g/mol. The average molecular weight is 354 g/mol. The van der Waals surface area contributed by atoms with E-state index in [4.69, 9.17) is 0 Å². The van der Waals surface area contributed by atoms with E-state index in [1.54, 1.807) is 0 Å². The summed E-state index contributed by atoms with van der Waals surface area (Å²) in [7, 11) is -4.16. The molecule has 0 spiro atoms. The number of benzene rings is 1. The van der Waals surface area contributed by atoms with Crippen molar-refractivity contribution in [3.8, 4) is 0 Å². The smallest absolute Gasteiger partial charge is 0.313 e. The molecule has 1 fully saturated rings. The lowest BCUT2D eigenvalue weighted by molar-refractivity contribution is -0.390. The zero-order valence-electron chi connectivity index (χ0n) is 11.8. The molecule has 124 valence electrons. The number of nitro groups is 1. The van der Waals surface area contributed by atoms with Gasteiger partial charge in [-0.1, -0.05) is 6.07 Å². The van der Waals surface area contributed by atoms with Crippen LogP contribution in [0.3, 0.4) is 0 Å². The van der Waals surface area contributed by atoms with Crippen LogP contribution >= 0.6 is 12.4 Å². The lowest BCUT2D eigenvalue weighted by Crippen LogP contribution is -2.51. The SMILES string of the molecule is CC1NCCCC1NS(=O)(=O)c1cccc(F)c1[N+](=O)[O-].Cl. The Morgan fingerprint density at radius 1 is 1.45 bits per heavy atom. The van der Waals surface area contributed by atoms with E-state index in [0.29, 0.717) is 6.42 Å². The summed E-state index contributed by atoms with van der Waals surface area (Å²) < 4.78 is 40.6. The highest BCUT2D eigenvalue weighted by molar-refractivity contribution is 7.89. The van der Waals surface area contributed by atoms with Crippen molar-refractivity contribution in [1.29, 1.82) is 0 Å². The Morgan fingerprint density at radius 2 is 2.14 bits per heavy atom. The minimum absolute atomic E-state index is 0. The highest BCUT2D eigenvalue weighted by Crippen LogP contribution is 2.27. The number of hydrogen-bond acceptors (Lipinski definition) is 5. The van der Waals surface area contributed by atoms with E-state index in [1.165, 1.54) is 0 Å². The first-order valence-corrected chi connectivity index (χ1v) is 8.00. The third kappa shape index (κ3) is 3.92. The first-order chi connectivity index (χ1) is 9.83. The lowest BCUT2D eigenvalue weighted by Gasteiger charge is -2.30. The lowest BCUT2D eigenvalue weighted by atomic mass is 10.0. The Labute approximate surface area is 133 Å². The van der Waals surface area contributed by atoms with E-state index in [1.807, 2.05) is 6.92 Å². The van der Waals surface area contributed by atoms with Crippen molar-refractivity contribution >= 4 is 28.1 Å². The minimum Gasteiger partial charge on any atom is -0.313 e. The Hall–Kier alpha value is -1.29. The van der Waals surface area contributed by atoms with Gasteiger partial charge in [-0.2, -0.15) is 4.39 Å². The van der Waals surface area contributed by atoms with Gasteiger partial charge < -0.3 is 5.32 Å². The van der Waals surface area contributed by atoms with E-state index in [2.05, 4.69) is 10.0 Å². The zero-order valence-corrected chi connectivity index (χ0v) is 13.4. The summed E-state index contributed by atoms with van der Waals surface area (Å²) in [5.74, 6) is -1.17. The summed E-state index contributed by atoms with van der Waals surface area (Å²) in [6.07, 6.45) is 1.42. The number of halogens is 2. The van der Waals surface area contributed by atoms with Crippen LogP contribution in [0.15, 0.2) is 23.1 Å². The van der Waals surface area contributed by atoms with E-state index in [-0.39, 0.29) is 24.5 Å². The van der Waals surface area contributed by atoms with Crippen LogP contribution in [-0.2, 0) is 10.0 Å². The second-order valence-electron chi connectivity index (χ2n) is 4.96. The molecule has 2 unspecified atom stereocenters. The number of sulfonamides is 1. The maximum absolute atomic E-state index is 13.5. The average Bonchev–Trinajstić information content (AvgIpc) is 2.40. The largest absolute Gasteiger partial charge is 0.324 e. The van der Waals surface area contributed by atoms with Crippen LogP contribution in [-0.4, -0.2) is 32.0 Å².